The van der Waals surface area contributed by atoms with Gasteiger partial charge in [-0.1, -0.05) is 23.7 Å². The largest absolute Gasteiger partial charge is 0.486 e. The fraction of sp³-hybridized carbons (Fsp3) is 0.154. The maximum Gasteiger partial charge on any atom is 0.274 e. The number of H-pyrrole nitrogens is 1. The number of nitrogens with one attached hydrogen (secondary N) is 1. The first-order chi connectivity index (χ1) is 16.9. The fourth-order valence-electron chi connectivity index (χ4n) is 4.08. The summed E-state index contributed by atoms with van der Waals surface area (Å²) in [7, 11) is 0. The smallest absolute Gasteiger partial charge is 0.274 e. The summed E-state index contributed by atoms with van der Waals surface area (Å²) in [5.74, 6) is 0.617. The van der Waals surface area contributed by atoms with E-state index in [1.54, 1.807) is 30.6 Å². The summed E-state index contributed by atoms with van der Waals surface area (Å²) < 4.78 is 7.77. The van der Waals surface area contributed by atoms with Gasteiger partial charge in [0.1, 0.15) is 17.9 Å². The zero-order valence-electron chi connectivity index (χ0n) is 19.2. The van der Waals surface area contributed by atoms with E-state index in [1.165, 1.54) is 4.57 Å². The van der Waals surface area contributed by atoms with Gasteiger partial charge in [0.25, 0.3) is 5.56 Å². The zero-order valence-corrected chi connectivity index (χ0v) is 20.0. The molecule has 1 aromatic carbocycles. The van der Waals surface area contributed by atoms with Gasteiger partial charge in [-0.25, -0.2) is 4.98 Å². The van der Waals surface area contributed by atoms with Gasteiger partial charge in [0, 0.05) is 40.3 Å². The van der Waals surface area contributed by atoms with Crippen LogP contribution in [-0.4, -0.2) is 24.7 Å². The van der Waals surface area contributed by atoms with Crippen molar-refractivity contribution in [1.29, 1.82) is 0 Å². The molecule has 3 N–H and O–H groups in total. The number of nitrogen functional groups attached to an aromatic ring is 1. The summed E-state index contributed by atoms with van der Waals surface area (Å²) >= 11 is 6.61. The molecule has 4 aromatic heterocycles. The van der Waals surface area contributed by atoms with Crippen LogP contribution in [0.15, 0.2) is 65.7 Å². The third-order valence-corrected chi connectivity index (χ3v) is 6.07. The molecule has 9 heteroatoms. The Morgan fingerprint density at radius 2 is 1.91 bits per heavy atom. The Morgan fingerprint density at radius 1 is 1.09 bits per heavy atom. The van der Waals surface area contributed by atoms with Crippen molar-refractivity contribution in [3.05, 3.63) is 98.9 Å². The highest BCUT2D eigenvalue weighted by Gasteiger charge is 2.16. The van der Waals surface area contributed by atoms with Crippen LogP contribution in [0.3, 0.4) is 0 Å². The van der Waals surface area contributed by atoms with Crippen LogP contribution in [0.2, 0.25) is 5.02 Å². The number of aromatic amines is 1. The molecule has 5 rings (SSSR count). The van der Waals surface area contributed by atoms with Gasteiger partial charge in [0.2, 0.25) is 0 Å². The minimum absolute atomic E-state index is 0.158. The van der Waals surface area contributed by atoms with Crippen LogP contribution in [0.4, 0.5) is 5.69 Å². The first-order valence-corrected chi connectivity index (χ1v) is 11.4. The molecule has 0 radical (unpaired) electrons. The molecule has 5 aromatic rings. The van der Waals surface area contributed by atoms with Gasteiger partial charge in [-0.2, -0.15) is 5.10 Å². The molecule has 0 aliphatic rings. The predicted molar refractivity (Wildman–Crippen MR) is 137 cm³/mol. The standard InChI is InChI=1S/C26H23ClN6O2/c1-15-11-18(22-8-9-29-32-22)17-5-3-7-24(25(17)31-15)35-14-19-20(27)12-16(2)30-23(19)13-33-10-4-6-21(28)26(33)34/h3-12H,13-14,28H2,1-2H3,(H,29,32). The molecule has 4 heterocycles. The number of nitrogens with zero attached hydrogens (tertiary/aromatic N) is 4. The molecule has 0 aliphatic heterocycles. The Labute approximate surface area is 206 Å². The summed E-state index contributed by atoms with van der Waals surface area (Å²) in [5.41, 5.74) is 11.2. The Kier molecular flexibility index (Phi) is 5.96. The lowest BCUT2D eigenvalue weighted by Gasteiger charge is -2.16. The van der Waals surface area contributed by atoms with Crippen LogP contribution in [0.1, 0.15) is 22.6 Å². The number of aryl methyl sites for hydroxylation is 2. The van der Waals surface area contributed by atoms with E-state index in [1.807, 2.05) is 44.2 Å². The lowest BCUT2D eigenvalue weighted by Crippen LogP contribution is -2.23. The number of hydrogen-bond acceptors (Lipinski definition) is 6. The number of ether oxygens (including phenoxy) is 1. The van der Waals surface area contributed by atoms with E-state index < -0.39 is 0 Å². The third-order valence-electron chi connectivity index (χ3n) is 5.73. The van der Waals surface area contributed by atoms with E-state index in [-0.39, 0.29) is 24.4 Å². The fourth-order valence-corrected chi connectivity index (χ4v) is 4.41. The molecule has 0 saturated heterocycles. The van der Waals surface area contributed by atoms with Crippen LogP contribution < -0.4 is 16.0 Å². The molecule has 0 aliphatic carbocycles. The van der Waals surface area contributed by atoms with E-state index in [0.717, 1.165) is 33.5 Å². The lowest BCUT2D eigenvalue weighted by atomic mass is 10.0. The van der Waals surface area contributed by atoms with Crippen molar-refractivity contribution in [2.75, 3.05) is 5.73 Å². The number of benzene rings is 1. The highest BCUT2D eigenvalue weighted by Crippen LogP contribution is 2.33. The number of anilines is 1. The number of halogens is 1. The topological polar surface area (TPSA) is 112 Å². The summed E-state index contributed by atoms with van der Waals surface area (Å²) in [6.07, 6.45) is 3.46. The van der Waals surface area contributed by atoms with Crippen molar-refractivity contribution < 1.29 is 4.74 Å². The number of aromatic nitrogens is 5. The van der Waals surface area contributed by atoms with Crippen LogP contribution in [0.5, 0.6) is 5.75 Å². The first-order valence-electron chi connectivity index (χ1n) is 11.0. The SMILES string of the molecule is Cc1cc(Cl)c(COc2cccc3c(-c4cc[nH]n4)cc(C)nc23)c(Cn2cccc(N)c2=O)n1. The molecule has 176 valence electrons. The van der Waals surface area contributed by atoms with Gasteiger partial charge in [0.15, 0.2) is 0 Å². The van der Waals surface area contributed by atoms with Gasteiger partial charge in [-0.15, -0.1) is 0 Å². The molecule has 0 spiro atoms. The molecule has 0 amide bonds. The molecule has 0 unspecified atom stereocenters. The maximum atomic E-state index is 12.5. The number of fused-ring (bicyclic) bond motifs is 1. The second kappa shape index (κ2) is 9.23. The number of para-hydroxylation sites is 1. The van der Waals surface area contributed by atoms with Crippen molar-refractivity contribution >= 4 is 28.2 Å². The summed E-state index contributed by atoms with van der Waals surface area (Å²) in [6, 6.07) is 14.8. The predicted octanol–water partition coefficient (Wildman–Crippen LogP) is 4.66. The van der Waals surface area contributed by atoms with Gasteiger partial charge in [-0.05, 0) is 50.2 Å². The molecular formula is C26H23ClN6O2. The number of hydrogen-bond donors (Lipinski definition) is 2. The van der Waals surface area contributed by atoms with Crippen molar-refractivity contribution in [2.24, 2.45) is 0 Å². The van der Waals surface area contributed by atoms with Gasteiger partial charge in [0.05, 0.1) is 28.6 Å². The highest BCUT2D eigenvalue weighted by atomic mass is 35.5. The van der Waals surface area contributed by atoms with E-state index in [0.29, 0.717) is 22.0 Å². The summed E-state index contributed by atoms with van der Waals surface area (Å²) in [6.45, 7) is 4.18. The van der Waals surface area contributed by atoms with Crippen molar-refractivity contribution in [3.8, 4) is 17.0 Å². The maximum absolute atomic E-state index is 12.5. The van der Waals surface area contributed by atoms with Gasteiger partial charge in [-0.3, -0.25) is 14.9 Å². The Bertz CT molecular complexity index is 1590. The second-order valence-electron chi connectivity index (χ2n) is 8.28. The molecule has 0 saturated carbocycles. The second-order valence-corrected chi connectivity index (χ2v) is 8.69. The van der Waals surface area contributed by atoms with Crippen molar-refractivity contribution in [3.63, 3.8) is 0 Å². The molecule has 8 nitrogen and oxygen atoms in total. The van der Waals surface area contributed by atoms with E-state index in [9.17, 15) is 4.79 Å². The van der Waals surface area contributed by atoms with Crippen LogP contribution in [0, 0.1) is 13.8 Å². The molecule has 35 heavy (non-hydrogen) atoms. The molecule has 0 fully saturated rings. The summed E-state index contributed by atoms with van der Waals surface area (Å²) in [4.78, 5) is 21.9. The monoisotopic (exact) mass is 486 g/mol. The average molecular weight is 487 g/mol. The normalized spacial score (nSPS) is 11.2. The minimum Gasteiger partial charge on any atom is -0.486 e. The average Bonchev–Trinajstić information content (AvgIpc) is 3.36. The lowest BCUT2D eigenvalue weighted by molar-refractivity contribution is 0.307. The van der Waals surface area contributed by atoms with Crippen molar-refractivity contribution in [2.45, 2.75) is 27.0 Å². The minimum atomic E-state index is -0.279. The number of nitrogens with two attached hydrogens (primary N) is 1. The quantitative estimate of drug-likeness (QED) is 0.361. The first kappa shape index (κ1) is 22.6. The van der Waals surface area contributed by atoms with Crippen LogP contribution >= 0.6 is 11.6 Å². The highest BCUT2D eigenvalue weighted by molar-refractivity contribution is 6.31. The Balaban J connectivity index is 1.52. The van der Waals surface area contributed by atoms with E-state index >= 15 is 0 Å². The van der Waals surface area contributed by atoms with E-state index in [2.05, 4.69) is 15.2 Å². The number of rotatable bonds is 6. The van der Waals surface area contributed by atoms with Crippen LogP contribution in [-0.2, 0) is 13.2 Å². The van der Waals surface area contributed by atoms with Crippen LogP contribution in [0.25, 0.3) is 22.2 Å². The number of pyridine rings is 3. The van der Waals surface area contributed by atoms with E-state index in [4.69, 9.17) is 27.1 Å². The molecule has 0 bridgehead atoms. The zero-order chi connectivity index (χ0) is 24.5. The van der Waals surface area contributed by atoms with Gasteiger partial charge < -0.3 is 15.0 Å². The molecular weight excluding hydrogens is 464 g/mol. The summed E-state index contributed by atoms with van der Waals surface area (Å²) in [5, 5.41) is 8.64. The Morgan fingerprint density at radius 3 is 2.71 bits per heavy atom. The third kappa shape index (κ3) is 4.48. The molecule has 0 atom stereocenters. The Hall–Kier alpha value is -4.17. The van der Waals surface area contributed by atoms with Crippen molar-refractivity contribution in [1.82, 2.24) is 24.7 Å². The van der Waals surface area contributed by atoms with Gasteiger partial charge >= 0.3 is 0 Å².